The van der Waals surface area contributed by atoms with Crippen LogP contribution in [0.25, 0.3) is 22.2 Å². The number of halogens is 4. The summed E-state index contributed by atoms with van der Waals surface area (Å²) < 4.78 is 84.7. The molecule has 5 rings (SSSR count). The van der Waals surface area contributed by atoms with Crippen LogP contribution in [-0.4, -0.2) is 58.4 Å². The molecule has 0 bridgehead atoms. The molecule has 0 saturated carbocycles. The van der Waals surface area contributed by atoms with E-state index in [4.69, 9.17) is 4.74 Å². The highest BCUT2D eigenvalue weighted by atomic mass is 32.2. The average molecular weight is 551 g/mol. The topological polar surface area (TPSA) is 103 Å². The summed E-state index contributed by atoms with van der Waals surface area (Å²) in [5, 5.41) is 0. The minimum absolute atomic E-state index is 0.120. The van der Waals surface area contributed by atoms with E-state index in [2.05, 4.69) is 19.9 Å². The van der Waals surface area contributed by atoms with Gasteiger partial charge in [-0.15, -0.1) is 0 Å². The molecule has 1 aliphatic rings. The Labute approximate surface area is 215 Å². The first-order valence-corrected chi connectivity index (χ1v) is 13.4. The summed E-state index contributed by atoms with van der Waals surface area (Å²) in [5.41, 5.74) is 0.737. The molecule has 1 saturated heterocycles. The first-order chi connectivity index (χ1) is 17.9. The smallest absolute Gasteiger partial charge is 0.419 e. The third kappa shape index (κ3) is 4.99. The molecule has 0 radical (unpaired) electrons. The van der Waals surface area contributed by atoms with Gasteiger partial charge in [-0.25, -0.2) is 27.8 Å². The van der Waals surface area contributed by atoms with Gasteiger partial charge < -0.3 is 14.2 Å². The van der Waals surface area contributed by atoms with Gasteiger partial charge in [-0.3, -0.25) is 0 Å². The second-order valence-electron chi connectivity index (χ2n) is 9.02. The molecular formula is C24H22F4N6O3S. The molecule has 200 valence electrons. The number of fused-ring (bicyclic) bond motifs is 1. The van der Waals surface area contributed by atoms with E-state index in [1.807, 2.05) is 0 Å². The molecule has 1 aromatic carbocycles. The van der Waals surface area contributed by atoms with Crippen molar-refractivity contribution in [1.29, 1.82) is 0 Å². The number of benzene rings is 1. The summed E-state index contributed by atoms with van der Waals surface area (Å²) in [6.07, 6.45) is 1.92. The molecule has 3 aromatic heterocycles. The van der Waals surface area contributed by atoms with Gasteiger partial charge in [0.05, 0.1) is 10.5 Å². The maximum atomic E-state index is 14.9. The fraction of sp³-hybridized carbons (Fsp3) is 0.333. The second-order valence-corrected chi connectivity index (χ2v) is 11.0. The summed E-state index contributed by atoms with van der Waals surface area (Å²) in [6.45, 7) is 0.946. The van der Waals surface area contributed by atoms with Crippen molar-refractivity contribution in [1.82, 2.24) is 24.5 Å². The van der Waals surface area contributed by atoms with Crippen LogP contribution < -0.4 is 9.64 Å². The molecule has 0 unspecified atom stereocenters. The lowest BCUT2D eigenvalue weighted by molar-refractivity contribution is -0.138. The average Bonchev–Trinajstić information content (AvgIpc) is 3.20. The highest BCUT2D eigenvalue weighted by Crippen LogP contribution is 2.35. The zero-order valence-electron chi connectivity index (χ0n) is 20.3. The fourth-order valence-electron chi connectivity index (χ4n) is 4.39. The number of hydrogen-bond donors (Lipinski definition) is 0. The zero-order chi connectivity index (χ0) is 27.2. The number of alkyl halides is 3. The number of nitrogens with zero attached hydrogens (tertiary/aromatic N) is 6. The second kappa shape index (κ2) is 9.49. The Morgan fingerprint density at radius 2 is 1.71 bits per heavy atom. The summed E-state index contributed by atoms with van der Waals surface area (Å²) in [6, 6.07) is 3.73. The van der Waals surface area contributed by atoms with Crippen LogP contribution in [0.5, 0.6) is 5.88 Å². The predicted molar refractivity (Wildman–Crippen MR) is 130 cm³/mol. The number of hydrogen-bond acceptors (Lipinski definition) is 8. The molecule has 4 aromatic rings. The molecule has 0 amide bonds. The van der Waals surface area contributed by atoms with Gasteiger partial charge in [-0.2, -0.15) is 18.2 Å². The van der Waals surface area contributed by atoms with Crippen LogP contribution >= 0.6 is 0 Å². The van der Waals surface area contributed by atoms with Crippen LogP contribution in [0.3, 0.4) is 0 Å². The van der Waals surface area contributed by atoms with Gasteiger partial charge in [0, 0.05) is 69.0 Å². The van der Waals surface area contributed by atoms with Crippen molar-refractivity contribution < 1.29 is 30.7 Å². The number of aryl methyl sites for hydroxylation is 1. The van der Waals surface area contributed by atoms with E-state index >= 15 is 0 Å². The largest absolute Gasteiger partial charge is 0.473 e. The monoisotopic (exact) mass is 550 g/mol. The molecule has 0 atom stereocenters. The van der Waals surface area contributed by atoms with Crippen LogP contribution in [0.2, 0.25) is 0 Å². The molecule has 0 N–H and O–H groups in total. The Morgan fingerprint density at radius 3 is 2.32 bits per heavy atom. The lowest BCUT2D eigenvalue weighted by Gasteiger charge is -2.32. The van der Waals surface area contributed by atoms with Gasteiger partial charge in [0.1, 0.15) is 29.3 Å². The van der Waals surface area contributed by atoms with E-state index in [0.29, 0.717) is 48.4 Å². The summed E-state index contributed by atoms with van der Waals surface area (Å²) >= 11 is 0. The molecule has 4 heterocycles. The molecule has 1 aliphatic heterocycles. The molecule has 38 heavy (non-hydrogen) atoms. The van der Waals surface area contributed by atoms with Crippen molar-refractivity contribution in [3.05, 3.63) is 54.5 Å². The Kier molecular flexibility index (Phi) is 6.45. The number of sulfone groups is 1. The lowest BCUT2D eigenvalue weighted by atomic mass is 10.1. The standard InChI is InChI=1S/C24H22F4N6O3S/c1-33-12-18(17-4-3-16(9-19(17)25)38(2,35)36)20-21(33)22(32-13-31-20)37-15-5-7-34(8-6-15)23-29-10-14(11-30-23)24(26,27)28/h3-4,9-13,15H,5-8H2,1-2H3. The van der Waals surface area contributed by atoms with E-state index in [-0.39, 0.29) is 22.5 Å². The SMILES string of the molecule is Cn1cc(-c2ccc(S(C)(=O)=O)cc2F)c2ncnc(OC3CCN(c4ncc(C(F)(F)F)cn4)CC3)c21. The van der Waals surface area contributed by atoms with Gasteiger partial charge >= 0.3 is 6.18 Å². The van der Waals surface area contributed by atoms with E-state index in [1.165, 1.54) is 18.5 Å². The molecular weight excluding hydrogens is 528 g/mol. The van der Waals surface area contributed by atoms with Crippen LogP contribution in [-0.2, 0) is 23.1 Å². The number of anilines is 1. The minimum atomic E-state index is -4.50. The van der Waals surface area contributed by atoms with Crippen molar-refractivity contribution in [2.75, 3.05) is 24.2 Å². The third-order valence-electron chi connectivity index (χ3n) is 6.35. The van der Waals surface area contributed by atoms with Crippen molar-refractivity contribution in [3.8, 4) is 17.0 Å². The van der Waals surface area contributed by atoms with Crippen molar-refractivity contribution in [2.45, 2.75) is 30.0 Å². The van der Waals surface area contributed by atoms with E-state index in [0.717, 1.165) is 24.7 Å². The highest BCUT2D eigenvalue weighted by molar-refractivity contribution is 7.90. The Morgan fingerprint density at radius 1 is 1.03 bits per heavy atom. The zero-order valence-corrected chi connectivity index (χ0v) is 21.1. The van der Waals surface area contributed by atoms with Crippen LogP contribution in [0, 0.1) is 5.82 Å². The molecule has 1 fully saturated rings. The maximum Gasteiger partial charge on any atom is 0.419 e. The molecule has 0 aliphatic carbocycles. The summed E-state index contributed by atoms with van der Waals surface area (Å²) in [4.78, 5) is 18.0. The molecule has 9 nitrogen and oxygen atoms in total. The Bertz CT molecular complexity index is 1600. The summed E-state index contributed by atoms with van der Waals surface area (Å²) in [5.74, 6) is -0.169. The number of piperidine rings is 1. The third-order valence-corrected chi connectivity index (χ3v) is 7.46. The van der Waals surface area contributed by atoms with Crippen LogP contribution in [0.1, 0.15) is 18.4 Å². The normalized spacial score (nSPS) is 15.3. The van der Waals surface area contributed by atoms with E-state index in [1.54, 1.807) is 22.7 Å². The Balaban J connectivity index is 1.34. The first kappa shape index (κ1) is 25.8. The first-order valence-electron chi connectivity index (χ1n) is 11.5. The van der Waals surface area contributed by atoms with Gasteiger partial charge in [0.15, 0.2) is 9.84 Å². The quantitative estimate of drug-likeness (QED) is 0.343. The van der Waals surface area contributed by atoms with Gasteiger partial charge in [-0.1, -0.05) is 6.07 Å². The van der Waals surface area contributed by atoms with Gasteiger partial charge in [0.25, 0.3) is 0 Å². The number of ether oxygens (including phenoxy) is 1. The molecule has 14 heteroatoms. The maximum absolute atomic E-state index is 14.9. The van der Waals surface area contributed by atoms with Gasteiger partial charge in [0.2, 0.25) is 11.8 Å². The van der Waals surface area contributed by atoms with Crippen LogP contribution in [0.4, 0.5) is 23.5 Å². The van der Waals surface area contributed by atoms with Crippen molar-refractivity contribution >= 4 is 26.8 Å². The highest BCUT2D eigenvalue weighted by Gasteiger charge is 2.32. The summed E-state index contributed by atoms with van der Waals surface area (Å²) in [7, 11) is -1.82. The van der Waals surface area contributed by atoms with E-state index < -0.39 is 27.4 Å². The number of aromatic nitrogens is 5. The number of rotatable bonds is 5. The predicted octanol–water partition coefficient (Wildman–Crippen LogP) is 4.03. The van der Waals surface area contributed by atoms with E-state index in [9.17, 15) is 26.0 Å². The van der Waals surface area contributed by atoms with Crippen molar-refractivity contribution in [2.24, 2.45) is 7.05 Å². The van der Waals surface area contributed by atoms with Gasteiger partial charge in [-0.05, 0) is 12.1 Å². The van der Waals surface area contributed by atoms with Crippen molar-refractivity contribution in [3.63, 3.8) is 0 Å². The Hall–Kier alpha value is -3.81. The lowest BCUT2D eigenvalue weighted by Crippen LogP contribution is -2.39. The fourth-order valence-corrected chi connectivity index (χ4v) is 5.02. The van der Waals surface area contributed by atoms with Crippen LogP contribution in [0.15, 0.2) is 48.0 Å². The molecule has 0 spiro atoms. The minimum Gasteiger partial charge on any atom is -0.473 e.